The fraction of sp³-hybridized carbons (Fsp3) is 0.359. The van der Waals surface area contributed by atoms with Crippen molar-refractivity contribution in [3.63, 3.8) is 0 Å². The Morgan fingerprint density at radius 1 is 0.926 bits per heavy atom. The van der Waals surface area contributed by atoms with Gasteiger partial charge in [0.2, 0.25) is 5.79 Å². The van der Waals surface area contributed by atoms with Gasteiger partial charge in [-0.3, -0.25) is 4.90 Å². The highest BCUT2D eigenvalue weighted by Gasteiger charge is 2.45. The van der Waals surface area contributed by atoms with Crippen molar-refractivity contribution >= 4 is 52.4 Å². The van der Waals surface area contributed by atoms with Crippen molar-refractivity contribution in [2.45, 2.75) is 44.1 Å². The molecule has 2 aliphatic rings. The van der Waals surface area contributed by atoms with Crippen LogP contribution < -0.4 is 5.32 Å². The first-order valence-electron chi connectivity index (χ1n) is 17.8. The summed E-state index contributed by atoms with van der Waals surface area (Å²) in [4.78, 5) is 29.2. The average molecular weight is 813 g/mol. The highest BCUT2D eigenvalue weighted by molar-refractivity contribution is 6.35. The van der Waals surface area contributed by atoms with E-state index in [1.807, 2.05) is 99.3 Å². The zero-order valence-electron chi connectivity index (χ0n) is 29.8. The van der Waals surface area contributed by atoms with Gasteiger partial charge in [0, 0.05) is 105 Å². The summed E-state index contributed by atoms with van der Waals surface area (Å²) < 4.78 is 17.1. The fourth-order valence-corrected chi connectivity index (χ4v) is 8.10. The van der Waals surface area contributed by atoms with Crippen molar-refractivity contribution < 1.29 is 14.3 Å². The molecule has 2 amide bonds. The zero-order valence-corrected chi connectivity index (χ0v) is 32.9. The van der Waals surface area contributed by atoms with Crippen LogP contribution in [0.25, 0.3) is 0 Å². The number of benzene rings is 3. The Balaban J connectivity index is 1.06. The summed E-state index contributed by atoms with van der Waals surface area (Å²) in [6.07, 6.45) is 8.74. The van der Waals surface area contributed by atoms with Crippen molar-refractivity contribution in [1.29, 1.82) is 0 Å². The molecular formula is C39H42Cl4N8O3. The van der Waals surface area contributed by atoms with Crippen LogP contribution in [0.4, 0.5) is 4.79 Å². The molecule has 5 aromatic rings. The lowest BCUT2D eigenvalue weighted by atomic mass is 10.1. The molecule has 0 spiro atoms. The predicted molar refractivity (Wildman–Crippen MR) is 211 cm³/mol. The minimum atomic E-state index is -1.12. The fourth-order valence-electron chi connectivity index (χ4n) is 7.12. The number of carbonyl (C=O) groups is 1. The van der Waals surface area contributed by atoms with E-state index >= 15 is 0 Å². The lowest BCUT2D eigenvalue weighted by Gasteiger charge is -2.43. The number of halogens is 4. The van der Waals surface area contributed by atoms with Crippen LogP contribution in [0.3, 0.4) is 0 Å². The molecule has 2 aromatic heterocycles. The summed E-state index contributed by atoms with van der Waals surface area (Å²) >= 11 is 25.6. The number of hydrogen-bond acceptors (Lipinski definition) is 7. The predicted octanol–water partition coefficient (Wildman–Crippen LogP) is 7.10. The lowest BCUT2D eigenvalue weighted by molar-refractivity contribution is -0.186. The van der Waals surface area contributed by atoms with Gasteiger partial charge in [0.25, 0.3) is 0 Å². The van der Waals surface area contributed by atoms with Gasteiger partial charge in [-0.25, -0.2) is 14.8 Å². The van der Waals surface area contributed by atoms with Crippen LogP contribution in [0, 0.1) is 0 Å². The van der Waals surface area contributed by atoms with E-state index < -0.39 is 5.79 Å². The molecular weight excluding hydrogens is 770 g/mol. The number of piperazine rings is 1. The third kappa shape index (κ3) is 9.41. The van der Waals surface area contributed by atoms with Gasteiger partial charge in [0.1, 0.15) is 0 Å². The Bertz CT molecular complexity index is 1980. The third-order valence-electron chi connectivity index (χ3n) is 9.85. The molecule has 2 saturated heterocycles. The van der Waals surface area contributed by atoms with Crippen LogP contribution in [-0.2, 0) is 48.5 Å². The van der Waals surface area contributed by atoms with Crippen molar-refractivity contribution in [2.75, 3.05) is 39.3 Å². The van der Waals surface area contributed by atoms with E-state index in [1.54, 1.807) is 24.7 Å². The van der Waals surface area contributed by atoms with Crippen molar-refractivity contribution in [3.05, 3.63) is 140 Å². The van der Waals surface area contributed by atoms with Gasteiger partial charge in [-0.2, -0.15) is 0 Å². The number of aromatic nitrogens is 4. The maximum absolute atomic E-state index is 14.4. The molecule has 54 heavy (non-hydrogen) atoms. The molecule has 7 rings (SSSR count). The largest absolute Gasteiger partial charge is 0.342 e. The van der Waals surface area contributed by atoms with Gasteiger partial charge >= 0.3 is 6.03 Å². The van der Waals surface area contributed by atoms with Gasteiger partial charge in [0.15, 0.2) is 0 Å². The van der Waals surface area contributed by atoms with Crippen LogP contribution in [0.2, 0.25) is 20.1 Å². The topological polar surface area (TPSA) is 92.9 Å². The average Bonchev–Trinajstić information content (AvgIpc) is 3.91. The number of ether oxygens (including phenoxy) is 2. The minimum Gasteiger partial charge on any atom is -0.342 e. The van der Waals surface area contributed by atoms with Crippen molar-refractivity contribution in [1.82, 2.24) is 39.1 Å². The van der Waals surface area contributed by atoms with E-state index in [-0.39, 0.29) is 18.2 Å². The Morgan fingerprint density at radius 2 is 1.67 bits per heavy atom. The monoisotopic (exact) mass is 810 g/mol. The standard InChI is InChI=1S/C39H42Cl4N8O3/c1-47-26-46-17-33(47)22-49-12-13-50(38(52)51(20-28-4-2-6-30(40)14-28)21-29-5-3-7-31(41)15-29)23-34(49)18-45-19-35-24-53-39(54-35,25-48-11-10-44-27-48)36-9-8-32(42)16-37(36)43/h2-11,14-17,26-27,34-35,45H,12-13,18-25H2,1H3/t34-,35?,39+/m0/s1. The van der Waals surface area contributed by atoms with Gasteiger partial charge in [-0.05, 0) is 47.5 Å². The number of imidazole rings is 2. The highest BCUT2D eigenvalue weighted by atomic mass is 35.5. The Morgan fingerprint density at radius 3 is 2.31 bits per heavy atom. The lowest BCUT2D eigenvalue weighted by Crippen LogP contribution is -2.59. The van der Waals surface area contributed by atoms with E-state index in [2.05, 4.69) is 20.2 Å². The van der Waals surface area contributed by atoms with E-state index in [0.717, 1.165) is 16.8 Å². The number of aryl methyl sites for hydroxylation is 1. The van der Waals surface area contributed by atoms with Crippen LogP contribution >= 0.6 is 46.4 Å². The molecule has 1 unspecified atom stereocenters. The molecule has 15 heteroatoms. The molecule has 0 bridgehead atoms. The molecule has 0 saturated carbocycles. The van der Waals surface area contributed by atoms with Gasteiger partial charge in [-0.1, -0.05) is 76.7 Å². The number of amides is 2. The van der Waals surface area contributed by atoms with Crippen LogP contribution in [0.5, 0.6) is 0 Å². The zero-order chi connectivity index (χ0) is 37.7. The SMILES string of the molecule is Cn1cncc1CN1CCN(C(=O)N(Cc2cccc(Cl)c2)Cc2cccc(Cl)c2)C[C@@H]1CNCC1CO[C@@](Cn2ccnc2)(c2ccc(Cl)cc2Cl)O1. The summed E-state index contributed by atoms with van der Waals surface area (Å²) in [7, 11) is 2.00. The normalized spacial score (nSPS) is 20.4. The summed E-state index contributed by atoms with van der Waals surface area (Å²) in [5.74, 6) is -1.12. The Labute approximate surface area is 335 Å². The number of urea groups is 1. The molecule has 0 radical (unpaired) electrons. The Hall–Kier alpha value is -3.65. The molecule has 284 valence electrons. The first kappa shape index (κ1) is 38.6. The number of rotatable bonds is 13. The number of nitrogens with zero attached hydrogens (tertiary/aromatic N) is 7. The smallest absolute Gasteiger partial charge is 0.320 e. The molecule has 2 fully saturated rings. The summed E-state index contributed by atoms with van der Waals surface area (Å²) in [5, 5.41) is 5.91. The summed E-state index contributed by atoms with van der Waals surface area (Å²) in [6.45, 7) is 5.16. The third-order valence-corrected chi connectivity index (χ3v) is 10.9. The van der Waals surface area contributed by atoms with Crippen LogP contribution in [0.1, 0.15) is 22.4 Å². The van der Waals surface area contributed by atoms with Crippen LogP contribution in [0.15, 0.2) is 98.0 Å². The second kappa shape index (κ2) is 17.4. The summed E-state index contributed by atoms with van der Waals surface area (Å²) in [5.41, 5.74) is 3.70. The first-order valence-corrected chi connectivity index (χ1v) is 19.3. The summed E-state index contributed by atoms with van der Waals surface area (Å²) in [6, 6.07) is 20.6. The second-order valence-corrected chi connectivity index (χ2v) is 15.5. The number of hydrogen-bond donors (Lipinski definition) is 1. The van der Waals surface area contributed by atoms with Crippen molar-refractivity contribution in [3.8, 4) is 0 Å². The molecule has 11 nitrogen and oxygen atoms in total. The highest BCUT2D eigenvalue weighted by Crippen LogP contribution is 2.40. The molecule has 4 heterocycles. The van der Waals surface area contributed by atoms with E-state index in [0.29, 0.717) is 91.2 Å². The molecule has 2 aliphatic heterocycles. The number of carbonyl (C=O) groups excluding carboxylic acids is 1. The molecule has 3 aromatic carbocycles. The molecule has 0 aliphatic carbocycles. The maximum atomic E-state index is 14.4. The maximum Gasteiger partial charge on any atom is 0.320 e. The minimum absolute atomic E-state index is 0.000487. The second-order valence-electron chi connectivity index (χ2n) is 13.8. The van der Waals surface area contributed by atoms with Gasteiger partial charge in [0.05, 0.1) is 42.6 Å². The van der Waals surface area contributed by atoms with Crippen LogP contribution in [-0.4, -0.2) is 91.3 Å². The Kier molecular flexibility index (Phi) is 12.5. The van der Waals surface area contributed by atoms with Crippen molar-refractivity contribution in [2.24, 2.45) is 7.05 Å². The number of nitrogens with one attached hydrogen (secondary N) is 1. The quantitative estimate of drug-likeness (QED) is 0.136. The van der Waals surface area contributed by atoms with E-state index in [9.17, 15) is 4.79 Å². The molecule has 3 atom stereocenters. The molecule has 1 N–H and O–H groups in total. The first-order chi connectivity index (χ1) is 26.1. The van der Waals surface area contributed by atoms with E-state index in [4.69, 9.17) is 55.9 Å². The van der Waals surface area contributed by atoms with Gasteiger partial charge < -0.3 is 33.7 Å². The van der Waals surface area contributed by atoms with E-state index in [1.165, 1.54) is 0 Å². The van der Waals surface area contributed by atoms with Gasteiger partial charge in [-0.15, -0.1) is 0 Å².